The van der Waals surface area contributed by atoms with Crippen LogP contribution in [0.1, 0.15) is 28.8 Å². The van der Waals surface area contributed by atoms with Crippen LogP contribution in [0.15, 0.2) is 48.8 Å². The van der Waals surface area contributed by atoms with Crippen LogP contribution in [0.5, 0.6) is 0 Å². The number of pyridine rings is 1. The van der Waals surface area contributed by atoms with E-state index in [2.05, 4.69) is 4.98 Å². The molecule has 1 aromatic heterocycles. The number of hydrogen-bond acceptors (Lipinski definition) is 4. The Morgan fingerprint density at radius 2 is 1.66 bits per heavy atom. The number of halogens is 3. The van der Waals surface area contributed by atoms with E-state index in [-0.39, 0.29) is 17.2 Å². The van der Waals surface area contributed by atoms with Crippen LogP contribution in [-0.4, -0.2) is 58.6 Å². The number of rotatable bonds is 2. The van der Waals surface area contributed by atoms with E-state index in [1.807, 2.05) is 41.0 Å². The second-order valence-corrected chi connectivity index (χ2v) is 8.01. The Labute approximate surface area is 182 Å². The van der Waals surface area contributed by atoms with Gasteiger partial charge in [0.2, 0.25) is 5.91 Å². The molecule has 2 fully saturated rings. The number of aromatic nitrogens is 1. The fraction of sp³-hybridized carbons (Fsp3) is 0.364. The number of aliphatic carboxylic acids is 1. The highest BCUT2D eigenvalue weighted by Gasteiger charge is 2.48. The van der Waals surface area contributed by atoms with Crippen LogP contribution in [0.2, 0.25) is 0 Å². The lowest BCUT2D eigenvalue weighted by molar-refractivity contribution is -0.192. The molecule has 32 heavy (non-hydrogen) atoms. The van der Waals surface area contributed by atoms with E-state index in [1.54, 1.807) is 24.5 Å². The average Bonchev–Trinajstić information content (AvgIpc) is 3.31. The summed E-state index contributed by atoms with van der Waals surface area (Å²) in [5.74, 6) is -2.57. The molecule has 1 atom stereocenters. The lowest BCUT2D eigenvalue weighted by atomic mass is 9.86. The minimum atomic E-state index is -5.08. The number of benzene rings is 1. The highest BCUT2D eigenvalue weighted by Crippen LogP contribution is 2.42. The number of carbonyl (C=O) groups excluding carboxylic acids is 2. The number of carboxylic acid groups (broad SMARTS) is 1. The van der Waals surface area contributed by atoms with Crippen molar-refractivity contribution in [3.63, 3.8) is 0 Å². The summed E-state index contributed by atoms with van der Waals surface area (Å²) >= 11 is 0. The van der Waals surface area contributed by atoms with E-state index in [0.717, 1.165) is 12.1 Å². The maximum absolute atomic E-state index is 12.7. The molecule has 1 aromatic carbocycles. The molecule has 10 heteroatoms. The monoisotopic (exact) mass is 449 g/mol. The van der Waals surface area contributed by atoms with Gasteiger partial charge in [0.25, 0.3) is 5.91 Å². The fourth-order valence-corrected chi connectivity index (χ4v) is 3.91. The molecule has 2 aromatic rings. The number of carbonyl (C=O) groups is 3. The molecule has 1 N–H and O–H groups in total. The molecule has 2 aliphatic rings. The third-order valence-corrected chi connectivity index (χ3v) is 5.56. The molecule has 170 valence electrons. The molecule has 7 nitrogen and oxygen atoms in total. The van der Waals surface area contributed by atoms with Gasteiger partial charge in [0, 0.05) is 55.1 Å². The summed E-state index contributed by atoms with van der Waals surface area (Å²) in [5.41, 5.74) is 2.67. The summed E-state index contributed by atoms with van der Waals surface area (Å²) in [5, 5.41) is 7.12. The second kappa shape index (κ2) is 8.97. The predicted octanol–water partition coefficient (Wildman–Crippen LogP) is 3.29. The first-order valence-corrected chi connectivity index (χ1v) is 9.87. The van der Waals surface area contributed by atoms with Crippen molar-refractivity contribution in [2.24, 2.45) is 5.41 Å². The number of hydrogen-bond donors (Lipinski definition) is 1. The predicted molar refractivity (Wildman–Crippen MR) is 109 cm³/mol. The first-order chi connectivity index (χ1) is 15.0. The smallest absolute Gasteiger partial charge is 0.475 e. The first kappa shape index (κ1) is 23.2. The van der Waals surface area contributed by atoms with Crippen molar-refractivity contribution in [3.8, 4) is 0 Å². The zero-order valence-corrected chi connectivity index (χ0v) is 17.3. The molecule has 2 saturated heterocycles. The molecule has 0 bridgehead atoms. The highest BCUT2D eigenvalue weighted by molar-refractivity contribution is 5.97. The van der Waals surface area contributed by atoms with Gasteiger partial charge in [-0.3, -0.25) is 14.6 Å². The molecule has 2 aliphatic heterocycles. The van der Waals surface area contributed by atoms with Crippen molar-refractivity contribution in [3.05, 3.63) is 59.9 Å². The second-order valence-electron chi connectivity index (χ2n) is 8.01. The van der Waals surface area contributed by atoms with Gasteiger partial charge in [-0.15, -0.1) is 0 Å². The maximum atomic E-state index is 12.7. The Hall–Kier alpha value is -3.43. The lowest BCUT2D eigenvalue weighted by Gasteiger charge is -2.24. The van der Waals surface area contributed by atoms with Gasteiger partial charge in [0.1, 0.15) is 0 Å². The van der Waals surface area contributed by atoms with E-state index in [9.17, 15) is 22.8 Å². The van der Waals surface area contributed by atoms with Gasteiger partial charge in [0.15, 0.2) is 0 Å². The number of amides is 2. The van der Waals surface area contributed by atoms with Gasteiger partial charge in [-0.05, 0) is 37.6 Å². The van der Waals surface area contributed by atoms with Crippen LogP contribution in [0.25, 0.3) is 0 Å². The van der Waals surface area contributed by atoms with E-state index in [4.69, 9.17) is 9.90 Å². The molecule has 0 aliphatic carbocycles. The standard InChI is InChI=1S/C20H21N3O2.C2HF3O2/c1-15-2-4-17(5-3-15)23-14-20(12-18(23)24)8-11-22(13-20)19(25)16-6-9-21-10-7-16;3-2(4,5)1(6)7/h2-7,9-10H,8,11-14H2,1H3;(H,6,7). The summed E-state index contributed by atoms with van der Waals surface area (Å²) in [6, 6.07) is 11.5. The van der Waals surface area contributed by atoms with E-state index >= 15 is 0 Å². The zero-order valence-electron chi connectivity index (χ0n) is 17.3. The van der Waals surface area contributed by atoms with Crippen LogP contribution in [-0.2, 0) is 9.59 Å². The van der Waals surface area contributed by atoms with E-state index < -0.39 is 12.1 Å². The summed E-state index contributed by atoms with van der Waals surface area (Å²) in [6.45, 7) is 4.07. The molecule has 3 heterocycles. The Bertz CT molecular complexity index is 996. The van der Waals surface area contributed by atoms with Gasteiger partial charge in [-0.2, -0.15) is 13.2 Å². The highest BCUT2D eigenvalue weighted by atomic mass is 19.4. The Morgan fingerprint density at radius 3 is 2.22 bits per heavy atom. The number of anilines is 1. The van der Waals surface area contributed by atoms with Crippen molar-refractivity contribution < 1.29 is 32.7 Å². The SMILES string of the molecule is Cc1ccc(N2CC3(CCN(C(=O)c4ccncc4)C3)CC2=O)cc1.O=C(O)C(F)(F)F. The van der Waals surface area contributed by atoms with Crippen molar-refractivity contribution in [2.45, 2.75) is 25.9 Å². The summed E-state index contributed by atoms with van der Waals surface area (Å²) in [6.07, 6.45) is -0.423. The third kappa shape index (κ3) is 5.24. The number of nitrogens with zero attached hydrogens (tertiary/aromatic N) is 3. The van der Waals surface area contributed by atoms with Crippen LogP contribution < -0.4 is 4.90 Å². The Balaban J connectivity index is 0.000000360. The maximum Gasteiger partial charge on any atom is 0.490 e. The topological polar surface area (TPSA) is 90.8 Å². The number of aryl methyl sites for hydroxylation is 1. The largest absolute Gasteiger partial charge is 0.490 e. The fourth-order valence-electron chi connectivity index (χ4n) is 3.91. The van der Waals surface area contributed by atoms with Crippen molar-refractivity contribution >= 4 is 23.5 Å². The van der Waals surface area contributed by atoms with Crippen molar-refractivity contribution in [2.75, 3.05) is 24.5 Å². The Kier molecular flexibility index (Phi) is 6.52. The van der Waals surface area contributed by atoms with Crippen molar-refractivity contribution in [1.29, 1.82) is 0 Å². The van der Waals surface area contributed by atoms with Gasteiger partial charge in [-0.1, -0.05) is 17.7 Å². The quantitative estimate of drug-likeness (QED) is 0.760. The minimum absolute atomic E-state index is 0.0282. The zero-order chi connectivity index (χ0) is 23.5. The molecule has 0 saturated carbocycles. The molecule has 2 amide bonds. The summed E-state index contributed by atoms with van der Waals surface area (Å²) in [4.78, 5) is 41.8. The van der Waals surface area contributed by atoms with Gasteiger partial charge in [0.05, 0.1) is 0 Å². The number of carboxylic acids is 1. The third-order valence-electron chi connectivity index (χ3n) is 5.56. The number of alkyl halides is 3. The van der Waals surface area contributed by atoms with Crippen LogP contribution >= 0.6 is 0 Å². The summed E-state index contributed by atoms with van der Waals surface area (Å²) in [7, 11) is 0. The van der Waals surface area contributed by atoms with Crippen LogP contribution in [0.3, 0.4) is 0 Å². The molecule has 0 radical (unpaired) electrons. The van der Waals surface area contributed by atoms with Gasteiger partial charge < -0.3 is 14.9 Å². The molecule has 1 spiro atoms. The molecular weight excluding hydrogens is 427 g/mol. The first-order valence-electron chi connectivity index (χ1n) is 9.87. The van der Waals surface area contributed by atoms with E-state index in [0.29, 0.717) is 31.6 Å². The molecule has 4 rings (SSSR count). The van der Waals surface area contributed by atoms with Crippen molar-refractivity contribution in [1.82, 2.24) is 9.88 Å². The normalized spacial score (nSPS) is 20.3. The molecular formula is C22H22F3N3O4. The Morgan fingerprint density at radius 1 is 1.06 bits per heavy atom. The minimum Gasteiger partial charge on any atom is -0.475 e. The van der Waals surface area contributed by atoms with Gasteiger partial charge >= 0.3 is 12.1 Å². The summed E-state index contributed by atoms with van der Waals surface area (Å²) < 4.78 is 31.7. The molecule has 1 unspecified atom stereocenters. The lowest BCUT2D eigenvalue weighted by Crippen LogP contribution is -2.34. The van der Waals surface area contributed by atoms with Crippen LogP contribution in [0.4, 0.5) is 18.9 Å². The van der Waals surface area contributed by atoms with E-state index in [1.165, 1.54) is 5.56 Å². The number of likely N-dealkylation sites (tertiary alicyclic amines) is 1. The average molecular weight is 449 g/mol. The van der Waals surface area contributed by atoms with Gasteiger partial charge in [-0.25, -0.2) is 4.79 Å². The van der Waals surface area contributed by atoms with Crippen LogP contribution in [0, 0.1) is 12.3 Å².